The molecule has 0 aromatic heterocycles. The number of ether oxygens (including phenoxy) is 2. The van der Waals surface area contributed by atoms with Crippen LogP contribution in [0.4, 0.5) is 5.69 Å². The van der Waals surface area contributed by atoms with Crippen molar-refractivity contribution in [3.05, 3.63) is 23.8 Å². The highest BCUT2D eigenvalue weighted by atomic mass is 16.5. The minimum Gasteiger partial charge on any atom is -0.496 e. The van der Waals surface area contributed by atoms with Crippen molar-refractivity contribution in [2.75, 3.05) is 19.5 Å². The van der Waals surface area contributed by atoms with Gasteiger partial charge in [-0.05, 0) is 43.5 Å². The number of methoxy groups -OCH3 is 2. The number of esters is 1. The van der Waals surface area contributed by atoms with Crippen LogP contribution in [0.5, 0.6) is 5.75 Å². The van der Waals surface area contributed by atoms with Crippen LogP contribution in [-0.2, 0) is 14.3 Å². The molecule has 0 unspecified atom stereocenters. The zero-order valence-corrected chi connectivity index (χ0v) is 11.3. The van der Waals surface area contributed by atoms with Crippen LogP contribution in [0.3, 0.4) is 0 Å². The Morgan fingerprint density at radius 1 is 1.26 bits per heavy atom. The fourth-order valence-corrected chi connectivity index (χ4v) is 2.05. The first-order chi connectivity index (χ1) is 9.03. The van der Waals surface area contributed by atoms with E-state index < -0.39 is 11.4 Å². The van der Waals surface area contributed by atoms with Crippen molar-refractivity contribution < 1.29 is 19.1 Å². The molecule has 0 heterocycles. The van der Waals surface area contributed by atoms with Crippen molar-refractivity contribution in [1.29, 1.82) is 0 Å². The Kier molecular flexibility index (Phi) is 3.46. The second-order valence-electron chi connectivity index (χ2n) is 4.71. The highest BCUT2D eigenvalue weighted by Crippen LogP contribution is 2.47. The summed E-state index contributed by atoms with van der Waals surface area (Å²) in [6.45, 7) is 1.89. The van der Waals surface area contributed by atoms with E-state index in [-0.39, 0.29) is 5.91 Å². The molecular weight excluding hydrogens is 246 g/mol. The fraction of sp³-hybridized carbons (Fsp3) is 0.429. The Labute approximate surface area is 111 Å². The maximum atomic E-state index is 12.1. The van der Waals surface area contributed by atoms with Gasteiger partial charge in [0.1, 0.15) is 11.2 Å². The molecule has 19 heavy (non-hydrogen) atoms. The molecular formula is C14H17NO4. The van der Waals surface area contributed by atoms with E-state index >= 15 is 0 Å². The van der Waals surface area contributed by atoms with E-state index in [0.717, 1.165) is 11.3 Å². The molecule has 5 nitrogen and oxygen atoms in total. The monoisotopic (exact) mass is 263 g/mol. The minimum absolute atomic E-state index is 0.302. The number of anilines is 1. The Morgan fingerprint density at radius 2 is 1.95 bits per heavy atom. The molecule has 1 aliphatic carbocycles. The second kappa shape index (κ2) is 4.91. The van der Waals surface area contributed by atoms with E-state index in [2.05, 4.69) is 10.1 Å². The Bertz CT molecular complexity index is 520. The van der Waals surface area contributed by atoms with Crippen molar-refractivity contribution in [2.45, 2.75) is 19.8 Å². The highest BCUT2D eigenvalue weighted by molar-refractivity contribution is 6.11. The lowest BCUT2D eigenvalue weighted by molar-refractivity contribution is -0.150. The smallest absolute Gasteiger partial charge is 0.321 e. The molecule has 0 aliphatic heterocycles. The topological polar surface area (TPSA) is 64.6 Å². The first-order valence-corrected chi connectivity index (χ1v) is 6.08. The molecule has 0 saturated heterocycles. The minimum atomic E-state index is -0.984. The van der Waals surface area contributed by atoms with Gasteiger partial charge < -0.3 is 14.8 Å². The van der Waals surface area contributed by atoms with Crippen LogP contribution in [0.15, 0.2) is 18.2 Å². The van der Waals surface area contributed by atoms with Crippen LogP contribution in [0, 0.1) is 12.3 Å². The van der Waals surface area contributed by atoms with Crippen molar-refractivity contribution in [3.8, 4) is 5.75 Å². The summed E-state index contributed by atoms with van der Waals surface area (Å²) < 4.78 is 9.83. The number of amides is 1. The number of nitrogens with one attached hydrogen (secondary N) is 1. The third-order valence-corrected chi connectivity index (χ3v) is 3.41. The average molecular weight is 263 g/mol. The Morgan fingerprint density at radius 3 is 2.42 bits per heavy atom. The number of carbonyl (C=O) groups is 2. The van der Waals surface area contributed by atoms with Crippen molar-refractivity contribution in [2.24, 2.45) is 5.41 Å². The molecule has 5 heteroatoms. The Balaban J connectivity index is 2.12. The lowest BCUT2D eigenvalue weighted by Crippen LogP contribution is -2.32. The third kappa shape index (κ3) is 2.41. The average Bonchev–Trinajstić information content (AvgIpc) is 3.19. The van der Waals surface area contributed by atoms with Crippen molar-refractivity contribution in [3.63, 3.8) is 0 Å². The molecule has 1 aromatic carbocycles. The van der Waals surface area contributed by atoms with Gasteiger partial charge in [-0.1, -0.05) is 0 Å². The van der Waals surface area contributed by atoms with Gasteiger partial charge in [0, 0.05) is 5.69 Å². The molecule has 1 fully saturated rings. The van der Waals surface area contributed by atoms with Gasteiger partial charge in [0.2, 0.25) is 5.91 Å². The summed E-state index contributed by atoms with van der Waals surface area (Å²) in [5.41, 5.74) is 0.587. The van der Waals surface area contributed by atoms with Gasteiger partial charge in [-0.3, -0.25) is 9.59 Å². The number of carbonyl (C=O) groups excluding carboxylic acids is 2. The number of benzene rings is 1. The van der Waals surface area contributed by atoms with E-state index in [4.69, 9.17) is 4.74 Å². The second-order valence-corrected chi connectivity index (χ2v) is 4.71. The molecule has 0 radical (unpaired) electrons. The molecule has 0 atom stereocenters. The first-order valence-electron chi connectivity index (χ1n) is 6.08. The van der Waals surface area contributed by atoms with E-state index in [0.29, 0.717) is 18.5 Å². The van der Waals surface area contributed by atoms with Crippen LogP contribution in [-0.4, -0.2) is 26.1 Å². The van der Waals surface area contributed by atoms with Gasteiger partial charge in [-0.15, -0.1) is 0 Å². The lowest BCUT2D eigenvalue weighted by Gasteiger charge is -2.14. The summed E-state index contributed by atoms with van der Waals surface area (Å²) in [6, 6.07) is 5.34. The van der Waals surface area contributed by atoms with Crippen LogP contribution in [0.1, 0.15) is 18.4 Å². The molecule has 102 valence electrons. The third-order valence-electron chi connectivity index (χ3n) is 3.41. The predicted molar refractivity (Wildman–Crippen MR) is 70.0 cm³/mol. The summed E-state index contributed by atoms with van der Waals surface area (Å²) in [5.74, 6) is -0.00810. The number of hydrogen-bond acceptors (Lipinski definition) is 4. The quantitative estimate of drug-likeness (QED) is 0.665. The highest BCUT2D eigenvalue weighted by Gasteiger charge is 2.57. The van der Waals surface area contributed by atoms with Crippen molar-refractivity contribution >= 4 is 17.6 Å². The molecule has 1 amide bonds. The summed E-state index contributed by atoms with van der Waals surface area (Å²) >= 11 is 0. The lowest BCUT2D eigenvalue weighted by atomic mass is 10.1. The normalized spacial score (nSPS) is 15.5. The molecule has 0 bridgehead atoms. The first kappa shape index (κ1) is 13.4. The van der Waals surface area contributed by atoms with E-state index in [1.807, 2.05) is 13.0 Å². The molecule has 1 N–H and O–H groups in total. The molecule has 1 aromatic rings. The SMILES string of the molecule is COC(=O)C1(C(=O)Nc2ccc(OC)c(C)c2)CC1. The van der Waals surface area contributed by atoms with E-state index in [9.17, 15) is 9.59 Å². The van der Waals surface area contributed by atoms with Crippen molar-refractivity contribution in [1.82, 2.24) is 0 Å². The largest absolute Gasteiger partial charge is 0.496 e. The zero-order chi connectivity index (χ0) is 14.0. The van der Waals surface area contributed by atoms with Crippen LogP contribution in [0.2, 0.25) is 0 Å². The maximum Gasteiger partial charge on any atom is 0.321 e. The zero-order valence-electron chi connectivity index (χ0n) is 11.3. The maximum absolute atomic E-state index is 12.1. The molecule has 2 rings (SSSR count). The van der Waals surface area contributed by atoms with Crippen LogP contribution < -0.4 is 10.1 Å². The van der Waals surface area contributed by atoms with E-state index in [1.54, 1.807) is 19.2 Å². The predicted octanol–water partition coefficient (Wildman–Crippen LogP) is 1.90. The number of hydrogen-bond donors (Lipinski definition) is 1. The van der Waals surface area contributed by atoms with Gasteiger partial charge in [0.15, 0.2) is 0 Å². The van der Waals surface area contributed by atoms with Gasteiger partial charge in [-0.2, -0.15) is 0 Å². The van der Waals surface area contributed by atoms with Gasteiger partial charge in [0.25, 0.3) is 0 Å². The van der Waals surface area contributed by atoms with Gasteiger partial charge in [0.05, 0.1) is 14.2 Å². The molecule has 0 spiro atoms. The fourth-order valence-electron chi connectivity index (χ4n) is 2.05. The van der Waals surface area contributed by atoms with Gasteiger partial charge >= 0.3 is 5.97 Å². The summed E-state index contributed by atoms with van der Waals surface area (Å²) in [6.07, 6.45) is 1.08. The molecule has 1 aliphatic rings. The summed E-state index contributed by atoms with van der Waals surface area (Å²) in [4.78, 5) is 23.7. The molecule has 1 saturated carbocycles. The van der Waals surface area contributed by atoms with E-state index in [1.165, 1.54) is 7.11 Å². The Hall–Kier alpha value is -2.04. The number of aryl methyl sites for hydroxylation is 1. The van der Waals surface area contributed by atoms with Gasteiger partial charge in [-0.25, -0.2) is 0 Å². The number of rotatable bonds is 4. The van der Waals surface area contributed by atoms with Crippen LogP contribution in [0.25, 0.3) is 0 Å². The summed E-state index contributed by atoms with van der Waals surface area (Å²) in [5, 5.41) is 2.76. The summed E-state index contributed by atoms with van der Waals surface area (Å²) in [7, 11) is 2.89. The van der Waals surface area contributed by atoms with Crippen LogP contribution >= 0.6 is 0 Å². The standard InChI is InChI=1S/C14H17NO4/c1-9-8-10(4-5-11(9)18-2)15-12(16)14(6-7-14)13(17)19-3/h4-5,8H,6-7H2,1-3H3,(H,15,16).